The predicted molar refractivity (Wildman–Crippen MR) is 99.2 cm³/mol. The summed E-state index contributed by atoms with van der Waals surface area (Å²) in [6.07, 6.45) is -11.5. The van der Waals surface area contributed by atoms with Crippen LogP contribution in [0.15, 0.2) is 42.5 Å². The summed E-state index contributed by atoms with van der Waals surface area (Å²) in [6, 6.07) is 6.31. The molecule has 0 bridgehead atoms. The van der Waals surface area contributed by atoms with Gasteiger partial charge in [0.15, 0.2) is 0 Å². The topological polar surface area (TPSA) is 46.5 Å². The van der Waals surface area contributed by atoms with Crippen molar-refractivity contribution >= 4 is 5.97 Å². The first kappa shape index (κ1) is 24.0. The van der Waals surface area contributed by atoms with E-state index >= 15 is 0 Å². The third kappa shape index (κ3) is 5.23. The number of rotatable bonds is 5. The fourth-order valence-electron chi connectivity index (χ4n) is 4.08. The summed E-state index contributed by atoms with van der Waals surface area (Å²) in [5, 5.41) is 9.54. The van der Waals surface area contributed by atoms with Crippen molar-refractivity contribution in [2.24, 2.45) is 5.92 Å². The van der Waals surface area contributed by atoms with Gasteiger partial charge in [-0.2, -0.15) is 26.3 Å². The van der Waals surface area contributed by atoms with Gasteiger partial charge < -0.3 is 9.84 Å². The molecule has 0 aromatic heterocycles. The Morgan fingerprint density at radius 1 is 0.969 bits per heavy atom. The van der Waals surface area contributed by atoms with Crippen LogP contribution in [0.2, 0.25) is 0 Å². The van der Waals surface area contributed by atoms with Crippen molar-refractivity contribution in [1.82, 2.24) is 0 Å². The van der Waals surface area contributed by atoms with Crippen LogP contribution in [0.1, 0.15) is 54.0 Å². The molecule has 1 saturated carbocycles. The lowest BCUT2D eigenvalue weighted by Crippen LogP contribution is -2.26. The molecule has 3 rings (SSSR count). The molecule has 3 nitrogen and oxygen atoms in total. The monoisotopic (exact) mass is 464 g/mol. The van der Waals surface area contributed by atoms with Gasteiger partial charge in [-0.05, 0) is 61.2 Å². The predicted octanol–water partition coefficient (Wildman–Crippen LogP) is 6.59. The largest absolute Gasteiger partial charge is 0.481 e. The van der Waals surface area contributed by atoms with Crippen molar-refractivity contribution in [3.8, 4) is 0 Å². The van der Waals surface area contributed by atoms with Gasteiger partial charge in [0.25, 0.3) is 0 Å². The molecule has 0 aliphatic heterocycles. The summed E-state index contributed by atoms with van der Waals surface area (Å²) in [7, 11) is 0. The van der Waals surface area contributed by atoms with Gasteiger partial charge in [-0.15, -0.1) is 0 Å². The zero-order chi connectivity index (χ0) is 23.8. The van der Waals surface area contributed by atoms with Crippen LogP contribution in [0, 0.1) is 11.7 Å². The molecule has 174 valence electrons. The lowest BCUT2D eigenvalue weighted by molar-refractivity contribution is -0.144. The van der Waals surface area contributed by atoms with Crippen molar-refractivity contribution in [2.45, 2.75) is 50.2 Å². The van der Waals surface area contributed by atoms with Gasteiger partial charge in [0.2, 0.25) is 0 Å². The second kappa shape index (κ2) is 8.73. The number of carbonyl (C=O) groups is 1. The third-order valence-corrected chi connectivity index (χ3v) is 5.63. The standard InChI is InChI=1S/C22H19F7O3/c1-11(13-8-14(21(24,25)26)10-15(9-13)22(27,28)29)32-18-7-6-17(20(30)31)19(18)12-2-4-16(23)5-3-12/h2-5,8-11,17-19H,6-7H2,1H3,(H,30,31)/t11-,17-,18?,19+/m1/s1. The second-order valence-electron chi connectivity index (χ2n) is 7.76. The number of alkyl halides is 6. The van der Waals surface area contributed by atoms with Gasteiger partial charge in [0, 0.05) is 5.92 Å². The quantitative estimate of drug-likeness (QED) is 0.508. The highest BCUT2D eigenvalue weighted by molar-refractivity contribution is 5.72. The summed E-state index contributed by atoms with van der Waals surface area (Å²) in [6.45, 7) is 1.31. The summed E-state index contributed by atoms with van der Waals surface area (Å²) >= 11 is 0. The van der Waals surface area contributed by atoms with Crippen LogP contribution in [-0.4, -0.2) is 17.2 Å². The molecule has 0 amide bonds. The van der Waals surface area contributed by atoms with E-state index in [0.29, 0.717) is 17.7 Å². The van der Waals surface area contributed by atoms with Crippen LogP contribution in [0.25, 0.3) is 0 Å². The molecule has 0 radical (unpaired) electrons. The zero-order valence-corrected chi connectivity index (χ0v) is 16.7. The third-order valence-electron chi connectivity index (χ3n) is 5.63. The SMILES string of the molecule is C[C@@H](OC1CC[C@@H](C(=O)O)[C@@H]1c1ccc(F)cc1)c1cc(C(F)(F)F)cc(C(F)(F)F)c1. The summed E-state index contributed by atoms with van der Waals surface area (Å²) in [5.41, 5.74) is -2.78. The minimum absolute atomic E-state index is 0.0353. The van der Waals surface area contributed by atoms with Gasteiger partial charge in [0.1, 0.15) is 5.82 Å². The molecule has 0 saturated heterocycles. The highest BCUT2D eigenvalue weighted by atomic mass is 19.4. The zero-order valence-electron chi connectivity index (χ0n) is 16.7. The molecule has 4 atom stereocenters. The molecule has 0 spiro atoms. The molecule has 32 heavy (non-hydrogen) atoms. The minimum atomic E-state index is -4.99. The number of benzene rings is 2. The maximum atomic E-state index is 13.3. The molecule has 1 aliphatic carbocycles. The first-order chi connectivity index (χ1) is 14.8. The van der Waals surface area contributed by atoms with E-state index in [1.165, 1.54) is 19.1 Å². The Morgan fingerprint density at radius 2 is 1.50 bits per heavy atom. The van der Waals surface area contributed by atoms with E-state index in [1.54, 1.807) is 0 Å². The van der Waals surface area contributed by atoms with Gasteiger partial charge in [0.05, 0.1) is 29.3 Å². The van der Waals surface area contributed by atoms with Crippen LogP contribution in [-0.2, 0) is 21.9 Å². The first-order valence-electron chi connectivity index (χ1n) is 9.70. The van der Waals surface area contributed by atoms with Crippen LogP contribution in [0.5, 0.6) is 0 Å². The summed E-state index contributed by atoms with van der Waals surface area (Å²) < 4.78 is 98.1. The van der Waals surface area contributed by atoms with Crippen molar-refractivity contribution in [3.05, 3.63) is 70.5 Å². The summed E-state index contributed by atoms with van der Waals surface area (Å²) in [4.78, 5) is 11.7. The van der Waals surface area contributed by atoms with Gasteiger partial charge in [-0.3, -0.25) is 4.79 Å². The average molecular weight is 464 g/mol. The Morgan fingerprint density at radius 3 is 1.97 bits per heavy atom. The molecule has 2 aromatic carbocycles. The normalized spacial score (nSPS) is 22.7. The Kier molecular flexibility index (Phi) is 6.55. The Labute approximate surface area is 178 Å². The van der Waals surface area contributed by atoms with Crippen LogP contribution < -0.4 is 0 Å². The molecule has 1 N–H and O–H groups in total. The fraction of sp³-hybridized carbons (Fsp3) is 0.409. The highest BCUT2D eigenvalue weighted by Gasteiger charge is 2.43. The van der Waals surface area contributed by atoms with E-state index in [2.05, 4.69) is 0 Å². The molecule has 10 heteroatoms. The Hall–Kier alpha value is -2.62. The van der Waals surface area contributed by atoms with E-state index in [1.807, 2.05) is 0 Å². The maximum absolute atomic E-state index is 13.3. The summed E-state index contributed by atoms with van der Waals surface area (Å²) in [5.74, 6) is -3.27. The van der Waals surface area contributed by atoms with E-state index in [-0.39, 0.29) is 24.5 Å². The van der Waals surface area contributed by atoms with Crippen molar-refractivity contribution in [3.63, 3.8) is 0 Å². The van der Waals surface area contributed by atoms with Gasteiger partial charge >= 0.3 is 18.3 Å². The van der Waals surface area contributed by atoms with E-state index in [4.69, 9.17) is 4.74 Å². The first-order valence-corrected chi connectivity index (χ1v) is 9.70. The van der Waals surface area contributed by atoms with Crippen LogP contribution >= 0.6 is 0 Å². The van der Waals surface area contributed by atoms with Crippen LogP contribution in [0.3, 0.4) is 0 Å². The average Bonchev–Trinajstić information content (AvgIpc) is 3.10. The molecule has 0 heterocycles. The smallest absolute Gasteiger partial charge is 0.416 e. The maximum Gasteiger partial charge on any atom is 0.416 e. The van der Waals surface area contributed by atoms with Crippen molar-refractivity contribution in [1.29, 1.82) is 0 Å². The number of hydrogen-bond acceptors (Lipinski definition) is 2. The molecule has 1 unspecified atom stereocenters. The molecular weight excluding hydrogens is 445 g/mol. The van der Waals surface area contributed by atoms with E-state index in [0.717, 1.165) is 12.1 Å². The van der Waals surface area contributed by atoms with E-state index < -0.39 is 59.3 Å². The van der Waals surface area contributed by atoms with Crippen LogP contribution in [0.4, 0.5) is 30.7 Å². The van der Waals surface area contributed by atoms with Gasteiger partial charge in [-0.25, -0.2) is 4.39 Å². The molecular formula is C22H19F7O3. The fourth-order valence-corrected chi connectivity index (χ4v) is 4.08. The molecule has 1 aliphatic rings. The number of hydrogen-bond donors (Lipinski definition) is 1. The lowest BCUT2D eigenvalue weighted by atomic mass is 9.87. The minimum Gasteiger partial charge on any atom is -0.481 e. The Balaban J connectivity index is 1.93. The second-order valence-corrected chi connectivity index (χ2v) is 7.76. The lowest BCUT2D eigenvalue weighted by Gasteiger charge is -2.27. The Bertz CT molecular complexity index is 935. The van der Waals surface area contributed by atoms with E-state index in [9.17, 15) is 40.6 Å². The van der Waals surface area contributed by atoms with Crippen molar-refractivity contribution in [2.75, 3.05) is 0 Å². The number of carboxylic acid groups (broad SMARTS) is 1. The van der Waals surface area contributed by atoms with Gasteiger partial charge in [-0.1, -0.05) is 12.1 Å². The number of halogens is 7. The van der Waals surface area contributed by atoms with Crippen molar-refractivity contribution < 1.29 is 45.4 Å². The molecule has 2 aromatic rings. The number of carboxylic acids is 1. The molecule has 1 fully saturated rings. The highest BCUT2D eigenvalue weighted by Crippen LogP contribution is 2.44. The number of aliphatic carboxylic acids is 1. The number of ether oxygens (including phenoxy) is 1.